The minimum atomic E-state index is -0.259. The van der Waals surface area contributed by atoms with Crippen LogP contribution in [0.1, 0.15) is 36.2 Å². The number of hydrogen-bond acceptors (Lipinski definition) is 2. The van der Waals surface area contributed by atoms with Gasteiger partial charge >= 0.3 is 5.97 Å². The van der Waals surface area contributed by atoms with Gasteiger partial charge in [0, 0.05) is 5.41 Å². The highest BCUT2D eigenvalue weighted by Gasteiger charge is 2.41. The average Bonchev–Trinajstić information content (AvgIpc) is 2.83. The number of benzene rings is 1. The number of allylic oxidation sites excluding steroid dienone is 4. The molecule has 3 rings (SSSR count). The molecule has 0 saturated heterocycles. The van der Waals surface area contributed by atoms with E-state index in [9.17, 15) is 4.79 Å². The van der Waals surface area contributed by atoms with Crippen molar-refractivity contribution in [1.82, 2.24) is 0 Å². The van der Waals surface area contributed by atoms with Gasteiger partial charge in [0.15, 0.2) is 0 Å². The molecular weight excluding hydrogens is 248 g/mol. The topological polar surface area (TPSA) is 26.3 Å². The molecule has 1 aromatic rings. The molecule has 2 aliphatic rings. The number of carbonyl (C=O) groups excluding carboxylic acids is 1. The van der Waals surface area contributed by atoms with Crippen LogP contribution >= 0.6 is 0 Å². The summed E-state index contributed by atoms with van der Waals surface area (Å²) in [5, 5.41) is 0. The highest BCUT2D eigenvalue weighted by atomic mass is 16.5. The lowest BCUT2D eigenvalue weighted by atomic mass is 9.72. The van der Waals surface area contributed by atoms with Crippen molar-refractivity contribution in [2.45, 2.75) is 27.2 Å². The fourth-order valence-corrected chi connectivity index (χ4v) is 2.99. The van der Waals surface area contributed by atoms with E-state index in [0.717, 1.165) is 17.7 Å². The van der Waals surface area contributed by atoms with E-state index < -0.39 is 0 Å². The third-order valence-electron chi connectivity index (χ3n) is 4.53. The van der Waals surface area contributed by atoms with Crippen LogP contribution < -0.4 is 0 Å². The standard InChI is InChI=1S/C18H20O2/c1-12-4-7-14(8-5-12)17(19)20-16-11-13-6-9-15(10-13)18(16,2)3/h4-9,11,13,15H,10H2,1-3H3/t13-,15+/m0/s1. The molecule has 0 unspecified atom stereocenters. The van der Waals surface area contributed by atoms with E-state index in [-0.39, 0.29) is 11.4 Å². The van der Waals surface area contributed by atoms with Crippen molar-refractivity contribution in [3.8, 4) is 0 Å². The quantitative estimate of drug-likeness (QED) is 0.591. The lowest BCUT2D eigenvalue weighted by molar-refractivity contribution is 0.0488. The molecule has 2 atom stereocenters. The van der Waals surface area contributed by atoms with E-state index in [2.05, 4.69) is 32.1 Å². The Balaban J connectivity index is 1.81. The molecule has 2 nitrogen and oxygen atoms in total. The van der Waals surface area contributed by atoms with Gasteiger partial charge in [0.1, 0.15) is 5.76 Å². The molecule has 2 bridgehead atoms. The molecule has 1 aromatic carbocycles. The lowest BCUT2D eigenvalue weighted by Gasteiger charge is -2.36. The summed E-state index contributed by atoms with van der Waals surface area (Å²) in [6.45, 7) is 6.31. The maximum Gasteiger partial charge on any atom is 0.343 e. The van der Waals surface area contributed by atoms with Crippen LogP contribution in [0, 0.1) is 24.2 Å². The summed E-state index contributed by atoms with van der Waals surface area (Å²) >= 11 is 0. The van der Waals surface area contributed by atoms with Gasteiger partial charge in [-0.15, -0.1) is 0 Å². The Morgan fingerprint density at radius 1 is 1.20 bits per heavy atom. The Hall–Kier alpha value is -1.83. The van der Waals surface area contributed by atoms with Gasteiger partial charge in [-0.2, -0.15) is 0 Å². The van der Waals surface area contributed by atoms with E-state index in [4.69, 9.17) is 4.74 Å². The normalized spacial score (nSPS) is 26.2. The van der Waals surface area contributed by atoms with Crippen molar-refractivity contribution >= 4 is 5.97 Å². The van der Waals surface area contributed by atoms with Crippen LogP contribution in [-0.2, 0) is 4.74 Å². The van der Waals surface area contributed by atoms with E-state index in [1.165, 1.54) is 0 Å². The van der Waals surface area contributed by atoms with Gasteiger partial charge in [0.25, 0.3) is 0 Å². The summed E-state index contributed by atoms with van der Waals surface area (Å²) in [5.41, 5.74) is 1.64. The Labute approximate surface area is 120 Å². The molecule has 104 valence electrons. The van der Waals surface area contributed by atoms with Gasteiger partial charge in [0.2, 0.25) is 0 Å². The van der Waals surface area contributed by atoms with Crippen molar-refractivity contribution in [3.63, 3.8) is 0 Å². The van der Waals surface area contributed by atoms with Crippen LogP contribution in [0.4, 0.5) is 0 Å². The molecule has 0 fully saturated rings. The molecule has 0 aromatic heterocycles. The second-order valence-electron chi connectivity index (χ2n) is 6.40. The minimum Gasteiger partial charge on any atom is -0.427 e. The summed E-state index contributed by atoms with van der Waals surface area (Å²) in [7, 11) is 0. The number of esters is 1. The number of rotatable bonds is 2. The van der Waals surface area contributed by atoms with Gasteiger partial charge in [-0.1, -0.05) is 43.7 Å². The van der Waals surface area contributed by atoms with E-state index >= 15 is 0 Å². The van der Waals surface area contributed by atoms with Crippen LogP contribution in [0.15, 0.2) is 48.3 Å². The first-order valence-corrected chi connectivity index (χ1v) is 7.16. The molecule has 0 aliphatic heterocycles. The second kappa shape index (κ2) is 4.62. The van der Waals surface area contributed by atoms with Crippen LogP contribution in [0.25, 0.3) is 0 Å². The minimum absolute atomic E-state index is 0.107. The summed E-state index contributed by atoms with van der Waals surface area (Å²) in [5.74, 6) is 1.45. The summed E-state index contributed by atoms with van der Waals surface area (Å²) < 4.78 is 5.70. The number of fused-ring (bicyclic) bond motifs is 2. The second-order valence-corrected chi connectivity index (χ2v) is 6.40. The first-order valence-electron chi connectivity index (χ1n) is 7.16. The predicted octanol–water partition coefficient (Wildman–Crippen LogP) is 4.27. The summed E-state index contributed by atoms with van der Waals surface area (Å²) in [6.07, 6.45) is 7.72. The zero-order chi connectivity index (χ0) is 14.3. The number of aryl methyl sites for hydroxylation is 1. The molecule has 0 heterocycles. The van der Waals surface area contributed by atoms with Crippen molar-refractivity contribution < 1.29 is 9.53 Å². The first kappa shape index (κ1) is 13.2. The molecule has 2 aliphatic carbocycles. The molecule has 0 amide bonds. The van der Waals surface area contributed by atoms with Gasteiger partial charge in [0.05, 0.1) is 5.56 Å². The fourth-order valence-electron chi connectivity index (χ4n) is 2.99. The van der Waals surface area contributed by atoms with Crippen molar-refractivity contribution in [2.24, 2.45) is 17.3 Å². The van der Waals surface area contributed by atoms with Crippen LogP contribution in [-0.4, -0.2) is 5.97 Å². The maximum absolute atomic E-state index is 12.3. The lowest BCUT2D eigenvalue weighted by Crippen LogP contribution is -2.30. The highest BCUT2D eigenvalue weighted by Crippen LogP contribution is 2.48. The van der Waals surface area contributed by atoms with Gasteiger partial charge in [-0.05, 0) is 43.4 Å². The number of ether oxygens (including phenoxy) is 1. The molecule has 0 radical (unpaired) electrons. The van der Waals surface area contributed by atoms with Gasteiger partial charge < -0.3 is 4.74 Å². The van der Waals surface area contributed by atoms with Gasteiger partial charge in [-0.3, -0.25) is 0 Å². The fraction of sp³-hybridized carbons (Fsp3) is 0.389. The molecule has 0 saturated carbocycles. The van der Waals surface area contributed by atoms with Crippen molar-refractivity contribution in [2.75, 3.05) is 0 Å². The zero-order valence-corrected chi connectivity index (χ0v) is 12.2. The largest absolute Gasteiger partial charge is 0.427 e. The Kier molecular flexibility index (Phi) is 3.04. The number of carbonyl (C=O) groups is 1. The molecule has 0 spiro atoms. The van der Waals surface area contributed by atoms with E-state index in [0.29, 0.717) is 17.4 Å². The molecule has 2 heteroatoms. The van der Waals surface area contributed by atoms with Crippen molar-refractivity contribution in [3.05, 3.63) is 59.4 Å². The maximum atomic E-state index is 12.3. The SMILES string of the molecule is Cc1ccc(C(=O)OC2=C[C@H]3C=C[C@H](C3)C2(C)C)cc1. The van der Waals surface area contributed by atoms with Crippen LogP contribution in [0.3, 0.4) is 0 Å². The predicted molar refractivity (Wildman–Crippen MR) is 79.2 cm³/mol. The average molecular weight is 268 g/mol. The van der Waals surface area contributed by atoms with Crippen molar-refractivity contribution in [1.29, 1.82) is 0 Å². The van der Waals surface area contributed by atoms with Crippen LogP contribution in [0.2, 0.25) is 0 Å². The molecular formula is C18H20O2. The monoisotopic (exact) mass is 268 g/mol. The highest BCUT2D eigenvalue weighted by molar-refractivity contribution is 5.90. The van der Waals surface area contributed by atoms with E-state index in [1.807, 2.05) is 31.2 Å². The van der Waals surface area contributed by atoms with E-state index in [1.54, 1.807) is 0 Å². The summed E-state index contributed by atoms with van der Waals surface area (Å²) in [6, 6.07) is 7.51. The Bertz CT molecular complexity index is 590. The van der Waals surface area contributed by atoms with Gasteiger partial charge in [-0.25, -0.2) is 4.79 Å². The Morgan fingerprint density at radius 3 is 2.60 bits per heavy atom. The Morgan fingerprint density at radius 2 is 1.90 bits per heavy atom. The third-order valence-corrected chi connectivity index (χ3v) is 4.53. The third kappa shape index (κ3) is 2.20. The smallest absolute Gasteiger partial charge is 0.343 e. The summed E-state index contributed by atoms with van der Waals surface area (Å²) in [4.78, 5) is 12.3. The first-order chi connectivity index (χ1) is 9.46. The molecule has 20 heavy (non-hydrogen) atoms. The molecule has 0 N–H and O–H groups in total. The number of hydrogen-bond donors (Lipinski definition) is 0. The zero-order valence-electron chi connectivity index (χ0n) is 12.2. The van der Waals surface area contributed by atoms with Crippen LogP contribution in [0.5, 0.6) is 0 Å².